The SMILES string of the molecule is c1ccc(-c2cc3ccccc3cc2-c2ccc3c(c2)c(-c2ccccc2)c(-c2ccccc2)c2cc(-c4ccc5c(c4)C4(Cc6ccccc6C4)c4ccccc4-5)ccc23)cc1. The molecule has 0 saturated carbocycles. The smallest absolute Gasteiger partial charge is 0.0296 e. The molecule has 13 rings (SSSR count). The standard InChI is InChI=1S/C63H42/c1-4-16-41(17-5-1)55-34-44-22-10-11-23-45(44)35-56(55)48-30-32-52-51-31-28-46(36-57(51)61(42-18-6-2-7-19-42)62(58(52)37-48)43-20-8-3-9-21-43)47-29-33-54-53-26-14-15-27-59(53)63(60(54)38-47)39-49-24-12-13-25-50(49)40-63/h1-38H,39-40H2. The van der Waals surface area contributed by atoms with Crippen LogP contribution in [0, 0.1) is 0 Å². The normalized spacial score (nSPS) is 13.4. The zero-order chi connectivity index (χ0) is 41.5. The van der Waals surface area contributed by atoms with Gasteiger partial charge in [-0.15, -0.1) is 0 Å². The number of fused-ring (bicyclic) bond motifs is 10. The van der Waals surface area contributed by atoms with E-state index in [0.29, 0.717) is 0 Å². The van der Waals surface area contributed by atoms with Gasteiger partial charge in [-0.3, -0.25) is 0 Å². The van der Waals surface area contributed by atoms with Gasteiger partial charge in [0.05, 0.1) is 0 Å². The first kappa shape index (κ1) is 35.9. The van der Waals surface area contributed by atoms with E-state index in [4.69, 9.17) is 0 Å². The Labute approximate surface area is 368 Å². The second kappa shape index (κ2) is 14.1. The molecule has 63 heavy (non-hydrogen) atoms. The highest BCUT2D eigenvalue weighted by atomic mass is 14.5. The molecular formula is C63H42. The van der Waals surface area contributed by atoms with E-state index in [1.54, 1.807) is 0 Å². The average molecular weight is 799 g/mol. The summed E-state index contributed by atoms with van der Waals surface area (Å²) in [6, 6.07) is 86.4. The molecule has 0 amide bonds. The van der Waals surface area contributed by atoms with Crippen molar-refractivity contribution in [3.05, 3.63) is 253 Å². The van der Waals surface area contributed by atoms with Crippen molar-refractivity contribution in [1.82, 2.24) is 0 Å². The van der Waals surface area contributed by atoms with Crippen LogP contribution in [-0.2, 0) is 18.3 Å². The molecule has 0 heteroatoms. The maximum Gasteiger partial charge on any atom is 0.0296 e. The second-order valence-corrected chi connectivity index (χ2v) is 17.6. The number of hydrogen-bond donors (Lipinski definition) is 0. The van der Waals surface area contributed by atoms with E-state index in [0.717, 1.165) is 12.8 Å². The molecule has 0 saturated heterocycles. The third kappa shape index (κ3) is 5.61. The van der Waals surface area contributed by atoms with Crippen molar-refractivity contribution in [1.29, 1.82) is 0 Å². The van der Waals surface area contributed by atoms with Gasteiger partial charge in [-0.05, 0) is 165 Å². The van der Waals surface area contributed by atoms with Crippen LogP contribution in [0.4, 0.5) is 0 Å². The minimum Gasteiger partial charge on any atom is -0.0622 e. The molecule has 11 aromatic carbocycles. The molecule has 0 fully saturated rings. The summed E-state index contributed by atoms with van der Waals surface area (Å²) in [6.45, 7) is 0. The Hall–Kier alpha value is -7.80. The molecule has 0 unspecified atom stereocenters. The summed E-state index contributed by atoms with van der Waals surface area (Å²) in [5.41, 5.74) is 20.9. The zero-order valence-electron chi connectivity index (χ0n) is 34.9. The molecule has 0 N–H and O–H groups in total. The summed E-state index contributed by atoms with van der Waals surface area (Å²) in [4.78, 5) is 0. The molecule has 0 radical (unpaired) electrons. The summed E-state index contributed by atoms with van der Waals surface area (Å²) in [6.07, 6.45) is 2.07. The first-order valence-electron chi connectivity index (χ1n) is 22.2. The predicted molar refractivity (Wildman–Crippen MR) is 266 cm³/mol. The number of benzene rings is 11. The zero-order valence-corrected chi connectivity index (χ0v) is 34.9. The Morgan fingerprint density at radius 2 is 0.698 bits per heavy atom. The summed E-state index contributed by atoms with van der Waals surface area (Å²) in [5.74, 6) is 0. The largest absolute Gasteiger partial charge is 0.0622 e. The van der Waals surface area contributed by atoms with Crippen LogP contribution in [0.3, 0.4) is 0 Å². The highest BCUT2D eigenvalue weighted by Crippen LogP contribution is 2.56. The third-order valence-electron chi connectivity index (χ3n) is 14.2. The fourth-order valence-electron chi connectivity index (χ4n) is 11.4. The predicted octanol–water partition coefficient (Wildman–Crippen LogP) is 16.5. The van der Waals surface area contributed by atoms with Crippen LogP contribution in [0.1, 0.15) is 22.3 Å². The molecule has 0 aliphatic heterocycles. The minimum absolute atomic E-state index is 0.0581. The lowest BCUT2D eigenvalue weighted by atomic mass is 9.75. The molecule has 0 atom stereocenters. The van der Waals surface area contributed by atoms with Crippen LogP contribution in [-0.4, -0.2) is 0 Å². The molecular weight excluding hydrogens is 757 g/mol. The van der Waals surface area contributed by atoms with Crippen molar-refractivity contribution in [2.45, 2.75) is 18.3 Å². The van der Waals surface area contributed by atoms with E-state index in [-0.39, 0.29) is 5.41 Å². The van der Waals surface area contributed by atoms with Gasteiger partial charge in [0.15, 0.2) is 0 Å². The molecule has 0 bridgehead atoms. The maximum absolute atomic E-state index is 2.53. The lowest BCUT2D eigenvalue weighted by Gasteiger charge is -2.27. The summed E-state index contributed by atoms with van der Waals surface area (Å²) in [5, 5.41) is 7.52. The monoisotopic (exact) mass is 798 g/mol. The van der Waals surface area contributed by atoms with Crippen LogP contribution in [0.15, 0.2) is 231 Å². The summed E-state index contributed by atoms with van der Waals surface area (Å²) < 4.78 is 0. The molecule has 0 aromatic heterocycles. The molecule has 1 spiro atoms. The van der Waals surface area contributed by atoms with Crippen LogP contribution in [0.2, 0.25) is 0 Å². The number of hydrogen-bond acceptors (Lipinski definition) is 0. The van der Waals surface area contributed by atoms with E-state index in [1.807, 2.05) is 0 Å². The Kier molecular flexibility index (Phi) is 8.05. The highest BCUT2D eigenvalue weighted by molar-refractivity contribution is 6.23. The molecule has 11 aromatic rings. The summed E-state index contributed by atoms with van der Waals surface area (Å²) >= 11 is 0. The molecule has 0 nitrogen and oxygen atoms in total. The quantitative estimate of drug-likeness (QED) is 0.152. The average Bonchev–Trinajstić information content (AvgIpc) is 3.88. The van der Waals surface area contributed by atoms with E-state index >= 15 is 0 Å². The number of rotatable bonds is 5. The lowest BCUT2D eigenvalue weighted by Crippen LogP contribution is -2.25. The van der Waals surface area contributed by atoms with E-state index in [9.17, 15) is 0 Å². The topological polar surface area (TPSA) is 0 Å². The second-order valence-electron chi connectivity index (χ2n) is 17.6. The fourth-order valence-corrected chi connectivity index (χ4v) is 11.4. The van der Waals surface area contributed by atoms with Crippen LogP contribution in [0.25, 0.3) is 99.1 Å². The van der Waals surface area contributed by atoms with E-state index in [2.05, 4.69) is 231 Å². The fraction of sp³-hybridized carbons (Fsp3) is 0.0476. The summed E-state index contributed by atoms with van der Waals surface area (Å²) in [7, 11) is 0. The van der Waals surface area contributed by atoms with Gasteiger partial charge in [0.1, 0.15) is 0 Å². The van der Waals surface area contributed by atoms with Crippen LogP contribution in [0.5, 0.6) is 0 Å². The van der Waals surface area contributed by atoms with Gasteiger partial charge in [-0.25, -0.2) is 0 Å². The van der Waals surface area contributed by atoms with Gasteiger partial charge in [0.25, 0.3) is 0 Å². The van der Waals surface area contributed by atoms with Crippen LogP contribution < -0.4 is 0 Å². The van der Waals surface area contributed by atoms with Crippen LogP contribution >= 0.6 is 0 Å². The Morgan fingerprint density at radius 3 is 1.32 bits per heavy atom. The van der Waals surface area contributed by atoms with Gasteiger partial charge in [-0.2, -0.15) is 0 Å². The Balaban J connectivity index is 1.06. The van der Waals surface area contributed by atoms with Crippen molar-refractivity contribution < 1.29 is 0 Å². The first-order valence-corrected chi connectivity index (χ1v) is 22.2. The molecule has 2 aliphatic carbocycles. The van der Waals surface area contributed by atoms with Crippen molar-refractivity contribution in [2.75, 3.05) is 0 Å². The molecule has 0 heterocycles. The van der Waals surface area contributed by atoms with Gasteiger partial charge < -0.3 is 0 Å². The van der Waals surface area contributed by atoms with Gasteiger partial charge in [0, 0.05) is 5.41 Å². The Bertz CT molecular complexity index is 3570. The van der Waals surface area contributed by atoms with Gasteiger partial charge >= 0.3 is 0 Å². The van der Waals surface area contributed by atoms with E-state index < -0.39 is 0 Å². The van der Waals surface area contributed by atoms with Crippen molar-refractivity contribution in [2.24, 2.45) is 0 Å². The first-order chi connectivity index (χ1) is 31.2. The minimum atomic E-state index is -0.0581. The van der Waals surface area contributed by atoms with E-state index in [1.165, 1.54) is 121 Å². The van der Waals surface area contributed by atoms with Gasteiger partial charge in [0.2, 0.25) is 0 Å². The van der Waals surface area contributed by atoms with Crippen molar-refractivity contribution in [3.8, 4) is 66.8 Å². The van der Waals surface area contributed by atoms with Crippen molar-refractivity contribution >= 4 is 32.3 Å². The molecule has 2 aliphatic rings. The highest BCUT2D eigenvalue weighted by Gasteiger charge is 2.47. The maximum atomic E-state index is 2.53. The lowest BCUT2D eigenvalue weighted by molar-refractivity contribution is 0.564. The third-order valence-corrected chi connectivity index (χ3v) is 14.2. The van der Waals surface area contributed by atoms with Crippen molar-refractivity contribution in [3.63, 3.8) is 0 Å². The van der Waals surface area contributed by atoms with Gasteiger partial charge in [-0.1, -0.05) is 200 Å². The Morgan fingerprint density at radius 1 is 0.254 bits per heavy atom. The molecule has 294 valence electrons.